The Morgan fingerprint density at radius 2 is 1.71 bits per heavy atom. The Balaban J connectivity index is 1.51. The molecule has 0 aliphatic carbocycles. The molecule has 0 saturated carbocycles. The molecule has 1 aromatic heterocycles. The standard InChI is InChI=1S/C24H28N4O2S/c1-16-9-8-10-17(2)23(16)27-21(29)14-28(4)22(30)15-31-24-25-18(3)20(26-24)13-19-11-6-5-7-12-19/h5-12H,13-15H2,1-4H3,(H,25,26)(H,27,29). The molecule has 0 bridgehead atoms. The fourth-order valence-electron chi connectivity index (χ4n) is 3.23. The average molecular weight is 437 g/mol. The smallest absolute Gasteiger partial charge is 0.243 e. The van der Waals surface area contributed by atoms with Crippen molar-refractivity contribution in [3.05, 3.63) is 76.6 Å². The molecule has 6 nitrogen and oxygen atoms in total. The Morgan fingerprint density at radius 1 is 1.03 bits per heavy atom. The van der Waals surface area contributed by atoms with Gasteiger partial charge in [0.2, 0.25) is 11.8 Å². The minimum Gasteiger partial charge on any atom is -0.337 e. The maximum Gasteiger partial charge on any atom is 0.243 e. The van der Waals surface area contributed by atoms with Crippen LogP contribution >= 0.6 is 11.8 Å². The minimum atomic E-state index is -0.211. The highest BCUT2D eigenvalue weighted by atomic mass is 32.2. The van der Waals surface area contributed by atoms with Crippen molar-refractivity contribution in [1.29, 1.82) is 0 Å². The van der Waals surface area contributed by atoms with Gasteiger partial charge in [-0.2, -0.15) is 0 Å². The van der Waals surface area contributed by atoms with Crippen molar-refractivity contribution >= 4 is 29.3 Å². The zero-order valence-corrected chi connectivity index (χ0v) is 19.2. The summed E-state index contributed by atoms with van der Waals surface area (Å²) in [5.74, 6) is -0.122. The van der Waals surface area contributed by atoms with Crippen molar-refractivity contribution < 1.29 is 9.59 Å². The lowest BCUT2D eigenvalue weighted by Gasteiger charge is -2.17. The average Bonchev–Trinajstić information content (AvgIpc) is 3.09. The third-order valence-corrected chi connectivity index (χ3v) is 5.92. The van der Waals surface area contributed by atoms with E-state index in [1.165, 1.54) is 22.2 Å². The number of carbonyl (C=O) groups is 2. The van der Waals surface area contributed by atoms with Crippen molar-refractivity contribution in [2.24, 2.45) is 0 Å². The van der Waals surface area contributed by atoms with Crippen molar-refractivity contribution in [1.82, 2.24) is 14.9 Å². The highest BCUT2D eigenvalue weighted by Gasteiger charge is 2.16. The first kappa shape index (κ1) is 22.6. The van der Waals surface area contributed by atoms with E-state index in [0.717, 1.165) is 34.6 Å². The molecule has 0 saturated heterocycles. The Morgan fingerprint density at radius 3 is 2.39 bits per heavy atom. The van der Waals surface area contributed by atoms with Gasteiger partial charge in [-0.15, -0.1) is 0 Å². The van der Waals surface area contributed by atoms with E-state index in [2.05, 4.69) is 27.4 Å². The zero-order valence-electron chi connectivity index (χ0n) is 18.4. The lowest BCUT2D eigenvalue weighted by atomic mass is 10.1. The summed E-state index contributed by atoms with van der Waals surface area (Å²) in [5, 5.41) is 3.63. The number of aryl methyl sites for hydroxylation is 3. The molecule has 0 fully saturated rings. The number of benzene rings is 2. The van der Waals surface area contributed by atoms with Crippen LogP contribution in [-0.2, 0) is 16.0 Å². The van der Waals surface area contributed by atoms with E-state index in [-0.39, 0.29) is 24.1 Å². The van der Waals surface area contributed by atoms with E-state index in [9.17, 15) is 9.59 Å². The lowest BCUT2D eigenvalue weighted by Crippen LogP contribution is -2.36. The molecule has 7 heteroatoms. The number of carbonyl (C=O) groups excluding carboxylic acids is 2. The zero-order chi connectivity index (χ0) is 22.4. The molecular formula is C24H28N4O2S. The van der Waals surface area contributed by atoms with Gasteiger partial charge in [-0.25, -0.2) is 4.98 Å². The van der Waals surface area contributed by atoms with Crippen LogP contribution in [0.3, 0.4) is 0 Å². The van der Waals surface area contributed by atoms with E-state index in [1.54, 1.807) is 7.05 Å². The second-order valence-electron chi connectivity index (χ2n) is 7.63. The Bertz CT molecular complexity index is 1040. The third-order valence-electron chi connectivity index (χ3n) is 5.06. The second kappa shape index (κ2) is 10.3. The summed E-state index contributed by atoms with van der Waals surface area (Å²) in [6, 6.07) is 16.0. The van der Waals surface area contributed by atoms with Crippen LogP contribution in [0.15, 0.2) is 53.7 Å². The number of hydrogen-bond donors (Lipinski definition) is 2. The first-order chi connectivity index (χ1) is 14.8. The van der Waals surface area contributed by atoms with Crippen LogP contribution in [0.4, 0.5) is 5.69 Å². The van der Waals surface area contributed by atoms with Crippen LogP contribution in [0.25, 0.3) is 0 Å². The summed E-state index contributed by atoms with van der Waals surface area (Å²) < 4.78 is 0. The molecule has 162 valence electrons. The predicted molar refractivity (Wildman–Crippen MR) is 125 cm³/mol. The number of thioether (sulfide) groups is 1. The van der Waals surface area contributed by atoms with E-state index in [4.69, 9.17) is 0 Å². The van der Waals surface area contributed by atoms with Crippen LogP contribution < -0.4 is 5.32 Å². The predicted octanol–water partition coefficient (Wildman–Crippen LogP) is 4.11. The topological polar surface area (TPSA) is 78.1 Å². The number of para-hydroxylation sites is 1. The summed E-state index contributed by atoms with van der Waals surface area (Å²) in [6.45, 7) is 5.89. The number of aromatic nitrogens is 2. The molecular weight excluding hydrogens is 408 g/mol. The van der Waals surface area contributed by atoms with Gasteiger partial charge >= 0.3 is 0 Å². The Hall–Kier alpha value is -3.06. The molecule has 0 aliphatic rings. The number of nitrogens with one attached hydrogen (secondary N) is 2. The molecule has 31 heavy (non-hydrogen) atoms. The van der Waals surface area contributed by atoms with Gasteiger partial charge in [0, 0.05) is 24.8 Å². The molecule has 1 heterocycles. The number of hydrogen-bond acceptors (Lipinski definition) is 4. The van der Waals surface area contributed by atoms with Gasteiger partial charge in [-0.05, 0) is 37.5 Å². The Labute approximate surface area is 187 Å². The molecule has 2 amide bonds. The summed E-state index contributed by atoms with van der Waals surface area (Å²) in [5.41, 5.74) is 5.97. The van der Waals surface area contributed by atoms with E-state index >= 15 is 0 Å². The number of rotatable bonds is 8. The molecule has 0 spiro atoms. The maximum absolute atomic E-state index is 12.5. The van der Waals surface area contributed by atoms with Crippen molar-refractivity contribution in [2.45, 2.75) is 32.3 Å². The van der Waals surface area contributed by atoms with Gasteiger partial charge in [0.15, 0.2) is 5.16 Å². The van der Waals surface area contributed by atoms with Gasteiger partial charge in [0.1, 0.15) is 0 Å². The monoisotopic (exact) mass is 436 g/mol. The number of likely N-dealkylation sites (N-methyl/N-ethyl adjacent to an activating group) is 1. The van der Waals surface area contributed by atoms with Gasteiger partial charge in [-0.3, -0.25) is 9.59 Å². The molecule has 3 rings (SSSR count). The number of imidazole rings is 1. The van der Waals surface area contributed by atoms with Crippen LogP contribution in [0.1, 0.15) is 28.1 Å². The third kappa shape index (κ3) is 6.21. The summed E-state index contributed by atoms with van der Waals surface area (Å²) in [7, 11) is 1.64. The lowest BCUT2D eigenvalue weighted by molar-refractivity contribution is -0.131. The first-order valence-corrected chi connectivity index (χ1v) is 11.1. The van der Waals surface area contributed by atoms with Crippen molar-refractivity contribution in [3.63, 3.8) is 0 Å². The number of H-pyrrole nitrogens is 1. The normalized spacial score (nSPS) is 10.7. The molecule has 2 aromatic carbocycles. The SMILES string of the molecule is Cc1cccc(C)c1NC(=O)CN(C)C(=O)CSc1nc(Cc2ccccc2)c(C)[nH]1. The van der Waals surface area contributed by atoms with E-state index < -0.39 is 0 Å². The number of nitrogens with zero attached hydrogens (tertiary/aromatic N) is 2. The number of aromatic amines is 1. The van der Waals surface area contributed by atoms with E-state index in [1.807, 2.05) is 57.2 Å². The molecule has 3 aromatic rings. The molecule has 0 radical (unpaired) electrons. The fraction of sp³-hybridized carbons (Fsp3) is 0.292. The van der Waals surface area contributed by atoms with Crippen LogP contribution in [0, 0.1) is 20.8 Å². The van der Waals surface area contributed by atoms with Crippen LogP contribution in [0.5, 0.6) is 0 Å². The van der Waals surface area contributed by atoms with Gasteiger partial charge < -0.3 is 15.2 Å². The van der Waals surface area contributed by atoms with Crippen LogP contribution in [0.2, 0.25) is 0 Å². The van der Waals surface area contributed by atoms with Crippen molar-refractivity contribution in [2.75, 3.05) is 24.7 Å². The summed E-state index contributed by atoms with van der Waals surface area (Å²) in [6.07, 6.45) is 0.746. The van der Waals surface area contributed by atoms with Gasteiger partial charge in [-0.1, -0.05) is 60.3 Å². The van der Waals surface area contributed by atoms with Crippen molar-refractivity contribution in [3.8, 4) is 0 Å². The summed E-state index contributed by atoms with van der Waals surface area (Å²) in [4.78, 5) is 34.2. The Kier molecular flexibility index (Phi) is 7.52. The summed E-state index contributed by atoms with van der Waals surface area (Å²) >= 11 is 1.35. The van der Waals surface area contributed by atoms with Gasteiger partial charge in [0.05, 0.1) is 18.0 Å². The highest BCUT2D eigenvalue weighted by molar-refractivity contribution is 7.99. The molecule has 0 atom stereocenters. The quantitative estimate of drug-likeness (QED) is 0.521. The second-order valence-corrected chi connectivity index (χ2v) is 8.59. The number of amides is 2. The largest absolute Gasteiger partial charge is 0.337 e. The minimum absolute atomic E-state index is 0.00358. The number of anilines is 1. The highest BCUT2D eigenvalue weighted by Crippen LogP contribution is 2.20. The van der Waals surface area contributed by atoms with Crippen LogP contribution in [-0.4, -0.2) is 46.0 Å². The molecule has 2 N–H and O–H groups in total. The molecule has 0 aliphatic heterocycles. The first-order valence-electron chi connectivity index (χ1n) is 10.2. The molecule has 0 unspecified atom stereocenters. The fourth-order valence-corrected chi connectivity index (χ4v) is 4.11. The van der Waals surface area contributed by atoms with Gasteiger partial charge in [0.25, 0.3) is 0 Å². The van der Waals surface area contributed by atoms with E-state index in [0.29, 0.717) is 5.16 Å². The maximum atomic E-state index is 12.5.